The number of hydrogen-bond acceptors (Lipinski definition) is 7. The second kappa shape index (κ2) is 10.8. The Balaban J connectivity index is 1.24. The topological polar surface area (TPSA) is 94.7 Å². The lowest BCUT2D eigenvalue weighted by Crippen LogP contribution is -2.49. The number of carbonyl (C=O) groups excluding carboxylic acids is 1. The number of alkyl halides is 3. The van der Waals surface area contributed by atoms with Gasteiger partial charge in [0.15, 0.2) is 0 Å². The lowest BCUT2D eigenvalue weighted by molar-refractivity contribution is -0.138. The molecule has 0 saturated carbocycles. The highest BCUT2D eigenvalue weighted by Crippen LogP contribution is 2.36. The van der Waals surface area contributed by atoms with Crippen molar-refractivity contribution in [1.29, 1.82) is 0 Å². The van der Waals surface area contributed by atoms with Crippen molar-refractivity contribution in [3.8, 4) is 0 Å². The van der Waals surface area contributed by atoms with E-state index in [4.69, 9.17) is 16.3 Å². The van der Waals surface area contributed by atoms with Gasteiger partial charge in [0.2, 0.25) is 5.91 Å². The first-order valence-electron chi connectivity index (χ1n) is 11.4. The smallest absolute Gasteiger partial charge is 0.379 e. The van der Waals surface area contributed by atoms with Gasteiger partial charge in [-0.15, -0.1) is 0 Å². The number of anilines is 2. The largest absolute Gasteiger partial charge is 0.423 e. The molecule has 2 aliphatic heterocycles. The van der Waals surface area contributed by atoms with E-state index in [9.17, 15) is 22.8 Å². The first kappa shape index (κ1) is 25.2. The number of rotatable bonds is 7. The lowest BCUT2D eigenvalue weighted by Gasteiger charge is -2.35. The highest BCUT2D eigenvalue weighted by Gasteiger charge is 2.40. The Morgan fingerprint density at radius 2 is 1.94 bits per heavy atom. The molecule has 2 aromatic heterocycles. The summed E-state index contributed by atoms with van der Waals surface area (Å²) in [5.41, 5.74) is -2.75. The Labute approximate surface area is 204 Å². The average molecular weight is 515 g/mol. The van der Waals surface area contributed by atoms with E-state index in [-0.39, 0.29) is 37.3 Å². The number of nitrogens with one attached hydrogen (secondary N) is 1. The van der Waals surface area contributed by atoms with Gasteiger partial charge in [-0.1, -0.05) is 11.6 Å². The van der Waals surface area contributed by atoms with Crippen molar-refractivity contribution in [1.82, 2.24) is 20.1 Å². The van der Waals surface area contributed by atoms with Crippen LogP contribution in [-0.2, 0) is 15.7 Å². The first-order valence-corrected chi connectivity index (χ1v) is 11.8. The minimum Gasteiger partial charge on any atom is -0.379 e. The van der Waals surface area contributed by atoms with Crippen LogP contribution in [0.1, 0.15) is 24.8 Å². The van der Waals surface area contributed by atoms with Crippen molar-refractivity contribution in [2.75, 3.05) is 55.7 Å². The van der Waals surface area contributed by atoms with Crippen LogP contribution in [-0.4, -0.2) is 78.0 Å². The highest BCUT2D eigenvalue weighted by molar-refractivity contribution is 6.30. The molecule has 13 heteroatoms. The van der Waals surface area contributed by atoms with Gasteiger partial charge in [-0.3, -0.25) is 9.59 Å². The summed E-state index contributed by atoms with van der Waals surface area (Å²) in [4.78, 5) is 34.1. The SMILES string of the molecule is O=C(CCOC[C@@H]1CCCN1c1cn[nH]c(=O)c1C(F)(F)F)N1CCN(c2ccc(Cl)cn2)CC1. The summed E-state index contributed by atoms with van der Waals surface area (Å²) in [6, 6.07) is 3.30. The normalized spacial score (nSPS) is 18.9. The molecule has 2 saturated heterocycles. The number of pyridine rings is 1. The third kappa shape index (κ3) is 6.04. The predicted molar refractivity (Wildman–Crippen MR) is 124 cm³/mol. The van der Waals surface area contributed by atoms with Crippen LogP contribution in [0.15, 0.2) is 29.3 Å². The summed E-state index contributed by atoms with van der Waals surface area (Å²) in [6.07, 6.45) is -0.687. The molecule has 0 radical (unpaired) electrons. The molecule has 2 fully saturated rings. The summed E-state index contributed by atoms with van der Waals surface area (Å²) in [6.45, 7) is 3.14. The third-order valence-electron chi connectivity index (χ3n) is 6.24. The molecule has 4 heterocycles. The van der Waals surface area contributed by atoms with Gasteiger partial charge in [-0.25, -0.2) is 10.1 Å². The quantitative estimate of drug-likeness (QED) is 0.567. The van der Waals surface area contributed by atoms with Crippen LogP contribution in [0.5, 0.6) is 0 Å². The Hall–Kier alpha value is -2.86. The van der Waals surface area contributed by atoms with E-state index in [0.717, 1.165) is 12.0 Å². The molecule has 1 N–H and O–H groups in total. The molecular formula is C22H26ClF3N6O3. The molecule has 4 rings (SSSR count). The summed E-state index contributed by atoms with van der Waals surface area (Å²) in [5, 5.41) is 5.98. The van der Waals surface area contributed by atoms with E-state index in [1.165, 1.54) is 4.90 Å². The number of halogens is 4. The number of ether oxygens (including phenoxy) is 1. The Morgan fingerprint density at radius 1 is 1.17 bits per heavy atom. The molecule has 2 aliphatic rings. The van der Waals surface area contributed by atoms with E-state index >= 15 is 0 Å². The molecule has 0 bridgehead atoms. The fraction of sp³-hybridized carbons (Fsp3) is 0.545. The maximum atomic E-state index is 13.4. The number of hydrogen-bond donors (Lipinski definition) is 1. The number of aromatic amines is 1. The minimum atomic E-state index is -4.79. The maximum absolute atomic E-state index is 13.4. The number of carbonyl (C=O) groups is 1. The molecule has 9 nitrogen and oxygen atoms in total. The average Bonchev–Trinajstić information content (AvgIpc) is 3.30. The monoisotopic (exact) mass is 514 g/mol. The van der Waals surface area contributed by atoms with Crippen LogP contribution < -0.4 is 15.4 Å². The van der Waals surface area contributed by atoms with E-state index in [0.29, 0.717) is 50.6 Å². The molecule has 35 heavy (non-hydrogen) atoms. The summed E-state index contributed by atoms with van der Waals surface area (Å²) in [5.74, 6) is 0.783. The molecule has 1 amide bonds. The Morgan fingerprint density at radius 3 is 2.63 bits per heavy atom. The number of nitrogens with zero attached hydrogens (tertiary/aromatic N) is 5. The molecule has 0 aliphatic carbocycles. The summed E-state index contributed by atoms with van der Waals surface area (Å²) >= 11 is 5.88. The zero-order chi connectivity index (χ0) is 25.0. The lowest BCUT2D eigenvalue weighted by atomic mass is 10.2. The zero-order valence-corrected chi connectivity index (χ0v) is 19.7. The van der Waals surface area contributed by atoms with Gasteiger partial charge in [0.1, 0.15) is 11.4 Å². The van der Waals surface area contributed by atoms with Gasteiger partial charge in [0.05, 0.1) is 42.6 Å². The zero-order valence-electron chi connectivity index (χ0n) is 18.9. The number of piperazine rings is 1. The van der Waals surface area contributed by atoms with Crippen LogP contribution in [0.3, 0.4) is 0 Å². The van der Waals surface area contributed by atoms with Crippen LogP contribution in [0, 0.1) is 0 Å². The number of H-pyrrole nitrogens is 1. The molecule has 0 unspecified atom stereocenters. The van der Waals surface area contributed by atoms with Crippen LogP contribution >= 0.6 is 11.6 Å². The Kier molecular flexibility index (Phi) is 7.80. The van der Waals surface area contributed by atoms with Crippen LogP contribution in [0.2, 0.25) is 5.02 Å². The van der Waals surface area contributed by atoms with Gasteiger partial charge >= 0.3 is 6.18 Å². The van der Waals surface area contributed by atoms with E-state index < -0.39 is 17.3 Å². The van der Waals surface area contributed by atoms with Crippen LogP contribution in [0.4, 0.5) is 24.7 Å². The van der Waals surface area contributed by atoms with Crippen molar-refractivity contribution >= 4 is 29.0 Å². The molecule has 1 atom stereocenters. The molecule has 0 spiro atoms. The summed E-state index contributed by atoms with van der Waals surface area (Å²) in [7, 11) is 0. The fourth-order valence-corrected chi connectivity index (χ4v) is 4.60. The number of aromatic nitrogens is 3. The van der Waals surface area contributed by atoms with Gasteiger partial charge in [-0.05, 0) is 25.0 Å². The molecule has 0 aromatic carbocycles. The molecular weight excluding hydrogens is 489 g/mol. The minimum absolute atomic E-state index is 0.0323. The highest BCUT2D eigenvalue weighted by atomic mass is 35.5. The van der Waals surface area contributed by atoms with Crippen molar-refractivity contribution in [2.24, 2.45) is 0 Å². The number of amides is 1. The predicted octanol–water partition coefficient (Wildman–Crippen LogP) is 2.56. The van der Waals surface area contributed by atoms with Crippen molar-refractivity contribution in [3.05, 3.63) is 45.5 Å². The van der Waals surface area contributed by atoms with Gasteiger partial charge in [0.25, 0.3) is 5.56 Å². The summed E-state index contributed by atoms with van der Waals surface area (Å²) < 4.78 is 46.0. The Bertz CT molecular complexity index is 1070. The molecule has 190 valence electrons. The van der Waals surface area contributed by atoms with Gasteiger partial charge in [-0.2, -0.15) is 18.3 Å². The van der Waals surface area contributed by atoms with E-state index in [2.05, 4.69) is 15.0 Å². The van der Waals surface area contributed by atoms with Crippen LogP contribution in [0.25, 0.3) is 0 Å². The standard InChI is InChI=1S/C22H26ClF3N6O3/c23-15-3-4-18(27-12-15)30-7-9-31(10-8-30)19(33)5-11-35-14-16-2-1-6-32(16)17-13-28-29-21(34)20(17)22(24,25)26/h3-4,12-13,16H,1-2,5-11,14H2,(H,29,34)/t16-/m0/s1. The van der Waals surface area contributed by atoms with Gasteiger partial charge < -0.3 is 19.4 Å². The second-order valence-electron chi connectivity index (χ2n) is 8.47. The first-order chi connectivity index (χ1) is 16.7. The van der Waals surface area contributed by atoms with Crippen molar-refractivity contribution < 1.29 is 22.7 Å². The van der Waals surface area contributed by atoms with E-state index in [1.807, 2.05) is 11.2 Å². The van der Waals surface area contributed by atoms with Gasteiger partial charge in [0, 0.05) is 38.9 Å². The maximum Gasteiger partial charge on any atom is 0.423 e. The fourth-order valence-electron chi connectivity index (χ4n) is 4.48. The second-order valence-corrected chi connectivity index (χ2v) is 8.91. The van der Waals surface area contributed by atoms with E-state index in [1.54, 1.807) is 17.2 Å². The molecule has 2 aromatic rings. The van der Waals surface area contributed by atoms with Crippen molar-refractivity contribution in [2.45, 2.75) is 31.5 Å². The third-order valence-corrected chi connectivity index (χ3v) is 6.47. The van der Waals surface area contributed by atoms with Crippen molar-refractivity contribution in [3.63, 3.8) is 0 Å².